The molecule has 3 atom stereocenters. The van der Waals surface area contributed by atoms with Crippen LogP contribution in [0.3, 0.4) is 0 Å². The number of hydrogen-bond acceptors (Lipinski definition) is 11. The lowest BCUT2D eigenvalue weighted by molar-refractivity contribution is -0.197. The number of primary amides is 2. The third kappa shape index (κ3) is 14.4. The number of carbonyl (C=O) groups excluding carboxylic acids is 9. The number of carbonyl (C=O) groups is 9. The lowest BCUT2D eigenvalue weighted by Crippen LogP contribution is -2.54. The SMILES string of the molecule is CC(C)[C@H](NC(=O)CCCC(=O)ON1C(=O)CCC1=O)C(=O)N[C@@H](CCCNC(N)=O)C(=O)Nc1ccc(COC(=O)N(C)[C@H](C(N)=O)C(C)C)cc1. The van der Waals surface area contributed by atoms with Crippen molar-refractivity contribution in [1.82, 2.24) is 25.9 Å². The molecule has 1 aliphatic rings. The van der Waals surface area contributed by atoms with Crippen molar-refractivity contribution in [1.29, 1.82) is 0 Å². The van der Waals surface area contributed by atoms with Crippen molar-refractivity contribution >= 4 is 59.2 Å². The standard InChI is InChI=1S/C34H50N8O11/c1-19(2)28(40-24(43)9-6-10-27(46)53-42-25(44)15-16-26(42)45)32(49)39-23(8-7-17-37-33(36)50)31(48)38-22-13-11-21(12-14-22)18-52-34(51)41(5)29(20(3)4)30(35)47/h11-14,19-20,23,28-29H,6-10,15-18H2,1-5H3,(H2,35,47)(H,38,48)(H,39,49)(H,40,43)(H3,36,37,50)/t23-,28-,29-/m0/s1. The molecule has 0 bridgehead atoms. The van der Waals surface area contributed by atoms with E-state index in [0.29, 0.717) is 16.3 Å². The number of benzene rings is 1. The molecule has 53 heavy (non-hydrogen) atoms. The topological polar surface area (TPSA) is 279 Å². The molecule has 0 radical (unpaired) electrons. The zero-order valence-electron chi connectivity index (χ0n) is 30.6. The maximum atomic E-state index is 13.4. The summed E-state index contributed by atoms with van der Waals surface area (Å²) in [6.07, 6.45) is -0.910. The van der Waals surface area contributed by atoms with Crippen LogP contribution in [-0.2, 0) is 49.7 Å². The number of ether oxygens (including phenoxy) is 1. The second kappa shape index (κ2) is 20.9. The largest absolute Gasteiger partial charge is 0.445 e. The zero-order valence-corrected chi connectivity index (χ0v) is 30.6. The molecule has 9 amide bonds. The van der Waals surface area contributed by atoms with Crippen LogP contribution in [0, 0.1) is 11.8 Å². The Labute approximate surface area is 307 Å². The Balaban J connectivity index is 2.00. The van der Waals surface area contributed by atoms with Crippen LogP contribution in [0.25, 0.3) is 0 Å². The summed E-state index contributed by atoms with van der Waals surface area (Å²) in [5.74, 6) is -5.20. The molecule has 1 fully saturated rings. The second-order valence-electron chi connectivity index (χ2n) is 13.1. The molecule has 1 aliphatic heterocycles. The van der Waals surface area contributed by atoms with Gasteiger partial charge in [0.05, 0.1) is 0 Å². The zero-order chi connectivity index (χ0) is 39.8. The molecule has 1 aromatic carbocycles. The number of nitrogens with two attached hydrogens (primary N) is 2. The van der Waals surface area contributed by atoms with Crippen LogP contribution in [0.15, 0.2) is 24.3 Å². The van der Waals surface area contributed by atoms with Gasteiger partial charge in [-0.2, -0.15) is 0 Å². The Bertz CT molecular complexity index is 1500. The summed E-state index contributed by atoms with van der Waals surface area (Å²) >= 11 is 0. The molecule has 0 spiro atoms. The average molecular weight is 747 g/mol. The third-order valence-corrected chi connectivity index (χ3v) is 8.06. The molecule has 0 saturated carbocycles. The monoisotopic (exact) mass is 746 g/mol. The van der Waals surface area contributed by atoms with Crippen LogP contribution >= 0.6 is 0 Å². The Morgan fingerprint density at radius 2 is 1.47 bits per heavy atom. The van der Waals surface area contributed by atoms with Crippen molar-refractivity contribution in [3.8, 4) is 0 Å². The van der Waals surface area contributed by atoms with E-state index < -0.39 is 77.6 Å². The van der Waals surface area contributed by atoms with E-state index in [9.17, 15) is 43.2 Å². The van der Waals surface area contributed by atoms with Crippen molar-refractivity contribution < 1.29 is 52.7 Å². The minimum Gasteiger partial charge on any atom is -0.445 e. The summed E-state index contributed by atoms with van der Waals surface area (Å²) in [5, 5.41) is 10.8. The molecule has 19 nitrogen and oxygen atoms in total. The molecule has 1 aromatic rings. The number of anilines is 1. The van der Waals surface area contributed by atoms with E-state index in [1.807, 2.05) is 0 Å². The first-order chi connectivity index (χ1) is 24.9. The first-order valence-electron chi connectivity index (χ1n) is 17.2. The number of rotatable bonds is 20. The summed E-state index contributed by atoms with van der Waals surface area (Å²) in [7, 11) is 1.42. The van der Waals surface area contributed by atoms with E-state index in [0.717, 1.165) is 4.90 Å². The summed E-state index contributed by atoms with van der Waals surface area (Å²) in [5.41, 5.74) is 11.5. The molecule has 2 rings (SSSR count). The smallest absolute Gasteiger partial charge is 0.410 e. The van der Waals surface area contributed by atoms with Crippen LogP contribution in [-0.4, -0.2) is 95.2 Å². The second-order valence-corrected chi connectivity index (χ2v) is 13.1. The highest BCUT2D eigenvalue weighted by Crippen LogP contribution is 2.16. The highest BCUT2D eigenvalue weighted by Gasteiger charge is 2.33. The molecule has 19 heteroatoms. The van der Waals surface area contributed by atoms with E-state index in [2.05, 4.69) is 21.3 Å². The number of nitrogens with one attached hydrogen (secondary N) is 4. The average Bonchev–Trinajstić information content (AvgIpc) is 3.39. The number of imide groups is 1. The highest BCUT2D eigenvalue weighted by molar-refractivity contribution is 6.01. The molecule has 0 aliphatic carbocycles. The third-order valence-electron chi connectivity index (χ3n) is 8.06. The minimum absolute atomic E-state index is 0.0113. The van der Waals surface area contributed by atoms with E-state index in [4.69, 9.17) is 21.0 Å². The van der Waals surface area contributed by atoms with Crippen LogP contribution in [0.2, 0.25) is 0 Å². The molecule has 1 heterocycles. The van der Waals surface area contributed by atoms with Gasteiger partial charge in [0.1, 0.15) is 24.7 Å². The predicted octanol–water partition coefficient (Wildman–Crippen LogP) is 0.555. The molecule has 292 valence electrons. The fourth-order valence-electron chi connectivity index (χ4n) is 5.27. The number of nitrogens with zero attached hydrogens (tertiary/aromatic N) is 2. The fourth-order valence-corrected chi connectivity index (χ4v) is 5.27. The quantitative estimate of drug-likeness (QED) is 0.0792. The van der Waals surface area contributed by atoms with E-state index in [-0.39, 0.29) is 64.0 Å². The van der Waals surface area contributed by atoms with E-state index in [1.165, 1.54) is 7.05 Å². The van der Waals surface area contributed by atoms with Crippen LogP contribution in [0.4, 0.5) is 15.3 Å². The van der Waals surface area contributed by atoms with Gasteiger partial charge in [-0.05, 0) is 48.8 Å². The van der Waals surface area contributed by atoms with E-state index in [1.54, 1.807) is 52.0 Å². The number of hydroxylamine groups is 2. The number of amides is 9. The first-order valence-corrected chi connectivity index (χ1v) is 17.2. The van der Waals surface area contributed by atoms with Crippen molar-refractivity contribution in [2.45, 2.75) is 97.4 Å². The Morgan fingerprint density at radius 3 is 2.02 bits per heavy atom. The molecule has 0 aromatic heterocycles. The maximum Gasteiger partial charge on any atom is 0.410 e. The molecule has 0 unspecified atom stereocenters. The van der Waals surface area contributed by atoms with Gasteiger partial charge >= 0.3 is 18.1 Å². The van der Waals surface area contributed by atoms with Crippen molar-refractivity contribution in [2.24, 2.45) is 23.3 Å². The van der Waals surface area contributed by atoms with Gasteiger partial charge in [-0.3, -0.25) is 33.7 Å². The summed E-state index contributed by atoms with van der Waals surface area (Å²) in [6.45, 7) is 6.88. The number of likely N-dealkylation sites (N-methyl/N-ethyl adjacent to an activating group) is 1. The molecular weight excluding hydrogens is 696 g/mol. The van der Waals surface area contributed by atoms with Crippen molar-refractivity contribution in [3.05, 3.63) is 29.8 Å². The van der Waals surface area contributed by atoms with Gasteiger partial charge in [0.15, 0.2) is 0 Å². The first kappa shape index (κ1) is 43.4. The van der Waals surface area contributed by atoms with Gasteiger partial charge in [-0.25, -0.2) is 14.4 Å². The molecule has 8 N–H and O–H groups in total. The van der Waals surface area contributed by atoms with Crippen molar-refractivity contribution in [3.63, 3.8) is 0 Å². The predicted molar refractivity (Wildman–Crippen MR) is 187 cm³/mol. The van der Waals surface area contributed by atoms with Crippen LogP contribution in [0.5, 0.6) is 0 Å². The number of hydrogen-bond donors (Lipinski definition) is 6. The minimum atomic E-state index is -1.10. The summed E-state index contributed by atoms with van der Waals surface area (Å²) in [6, 6.07) is 2.57. The van der Waals surface area contributed by atoms with Gasteiger partial charge in [-0.1, -0.05) is 39.8 Å². The van der Waals surface area contributed by atoms with Gasteiger partial charge in [0.2, 0.25) is 23.6 Å². The van der Waals surface area contributed by atoms with Gasteiger partial charge in [0, 0.05) is 45.0 Å². The molecular formula is C34H50N8O11. The van der Waals surface area contributed by atoms with Crippen molar-refractivity contribution in [2.75, 3.05) is 18.9 Å². The fraction of sp³-hybridized carbons (Fsp3) is 0.559. The Hall–Kier alpha value is -5.75. The van der Waals surface area contributed by atoms with Crippen LogP contribution < -0.4 is 32.7 Å². The Morgan fingerprint density at radius 1 is 0.849 bits per heavy atom. The van der Waals surface area contributed by atoms with Gasteiger partial charge in [-0.15, -0.1) is 5.06 Å². The highest BCUT2D eigenvalue weighted by atomic mass is 16.7. The lowest BCUT2D eigenvalue weighted by Gasteiger charge is -2.27. The maximum absolute atomic E-state index is 13.4. The molecule has 1 saturated heterocycles. The van der Waals surface area contributed by atoms with Gasteiger partial charge < -0.3 is 42.3 Å². The summed E-state index contributed by atoms with van der Waals surface area (Å²) in [4.78, 5) is 116. The lowest BCUT2D eigenvalue weighted by atomic mass is 10.0. The normalized spacial score (nSPS) is 14.2. The van der Waals surface area contributed by atoms with E-state index >= 15 is 0 Å². The van der Waals surface area contributed by atoms with Crippen LogP contribution in [0.1, 0.15) is 78.2 Å². The summed E-state index contributed by atoms with van der Waals surface area (Å²) < 4.78 is 5.31. The number of urea groups is 1. The Kier molecular flexibility index (Phi) is 17.2. The van der Waals surface area contributed by atoms with Gasteiger partial charge in [0.25, 0.3) is 11.8 Å².